The molecule has 0 bridgehead atoms. The molecule has 2 aromatic rings. The fourth-order valence-electron chi connectivity index (χ4n) is 5.39. The molecule has 10 nitrogen and oxygen atoms in total. The summed E-state index contributed by atoms with van der Waals surface area (Å²) in [7, 11) is 2.74. The van der Waals surface area contributed by atoms with Crippen molar-refractivity contribution in [2.45, 2.75) is 52.2 Å². The van der Waals surface area contributed by atoms with Gasteiger partial charge in [0.05, 0.1) is 38.1 Å². The largest absolute Gasteiger partial charge is 0.493 e. The molecular weight excluding hydrogens is 613 g/mol. The number of Topliss-reactive ketones (excluding diaryl/α,β-unsaturated/α-hetero) is 1. The van der Waals surface area contributed by atoms with E-state index in [1.807, 2.05) is 27.7 Å². The summed E-state index contributed by atoms with van der Waals surface area (Å²) in [6, 6.07) is 5.09. The number of carbonyl (C=O) groups excluding carboxylic acids is 1. The van der Waals surface area contributed by atoms with Crippen LogP contribution in [0.15, 0.2) is 18.2 Å². The van der Waals surface area contributed by atoms with Crippen LogP contribution in [-0.4, -0.2) is 80.8 Å². The standard InChI is InChI=1S/C30H38FN3O7.BrH/c1-7-40-19-8-9-33(14-19)21-11-17(10-20(30(2,3)4)27(21)41-16-24(36)37)22(35)15-34-13-18-12-23(38-5)28(39-6)26(31)25(18)29(34)32;/h10-12,19,32H,7-9,13-16H2,1-6H3,(H,36,37);1H. The van der Waals surface area contributed by atoms with Crippen LogP contribution in [0.5, 0.6) is 17.2 Å². The number of carboxylic acids is 1. The molecule has 0 amide bonds. The molecule has 4 rings (SSSR count). The summed E-state index contributed by atoms with van der Waals surface area (Å²) in [5, 5.41) is 18.0. The number of fused-ring (bicyclic) bond motifs is 1. The molecule has 0 aliphatic carbocycles. The summed E-state index contributed by atoms with van der Waals surface area (Å²) in [4.78, 5) is 28.8. The number of benzene rings is 2. The summed E-state index contributed by atoms with van der Waals surface area (Å²) in [5.41, 5.74) is 1.86. The van der Waals surface area contributed by atoms with Crippen molar-refractivity contribution >= 4 is 40.3 Å². The van der Waals surface area contributed by atoms with Gasteiger partial charge in [0.2, 0.25) is 0 Å². The quantitative estimate of drug-likeness (QED) is 0.329. The van der Waals surface area contributed by atoms with E-state index in [1.165, 1.54) is 19.1 Å². The van der Waals surface area contributed by atoms with Crippen LogP contribution in [0.4, 0.5) is 10.1 Å². The van der Waals surface area contributed by atoms with Gasteiger partial charge in [0.25, 0.3) is 0 Å². The highest BCUT2D eigenvalue weighted by atomic mass is 79.9. The Morgan fingerprint density at radius 2 is 1.86 bits per heavy atom. The molecule has 12 heteroatoms. The highest BCUT2D eigenvalue weighted by Crippen LogP contribution is 2.42. The van der Waals surface area contributed by atoms with Crippen LogP contribution in [0, 0.1) is 11.2 Å². The van der Waals surface area contributed by atoms with Gasteiger partial charge in [-0.2, -0.15) is 0 Å². The van der Waals surface area contributed by atoms with E-state index in [0.717, 1.165) is 6.42 Å². The van der Waals surface area contributed by atoms with E-state index >= 15 is 4.39 Å². The molecule has 2 aliphatic rings. The average molecular weight is 653 g/mol. The second-order valence-electron chi connectivity index (χ2n) is 11.2. The Kier molecular flexibility index (Phi) is 10.5. The molecule has 2 aromatic carbocycles. The van der Waals surface area contributed by atoms with Gasteiger partial charge in [-0.25, -0.2) is 9.18 Å². The maximum Gasteiger partial charge on any atom is 0.341 e. The molecular formula is C30H39BrFN3O7. The lowest BCUT2D eigenvalue weighted by atomic mass is 9.84. The Morgan fingerprint density at radius 1 is 1.14 bits per heavy atom. The average Bonchev–Trinajstić information content (AvgIpc) is 3.50. The monoisotopic (exact) mass is 651 g/mol. The number of methoxy groups -OCH3 is 2. The van der Waals surface area contributed by atoms with E-state index in [0.29, 0.717) is 47.8 Å². The summed E-state index contributed by atoms with van der Waals surface area (Å²) < 4.78 is 37.3. The minimum atomic E-state index is -1.10. The second kappa shape index (κ2) is 13.3. The first kappa shape index (κ1) is 33.1. The van der Waals surface area contributed by atoms with E-state index in [1.54, 1.807) is 18.2 Å². The maximum atomic E-state index is 15.2. The number of nitrogens with zero attached hydrogens (tertiary/aromatic N) is 2. The second-order valence-corrected chi connectivity index (χ2v) is 11.2. The van der Waals surface area contributed by atoms with Gasteiger partial charge in [-0.3, -0.25) is 10.2 Å². The number of ketones is 1. The molecule has 0 radical (unpaired) electrons. The minimum Gasteiger partial charge on any atom is -0.493 e. The van der Waals surface area contributed by atoms with Crippen LogP contribution < -0.4 is 19.1 Å². The van der Waals surface area contributed by atoms with Crippen molar-refractivity contribution in [1.29, 1.82) is 5.41 Å². The number of amidine groups is 1. The fourth-order valence-corrected chi connectivity index (χ4v) is 5.39. The number of carboxylic acid groups (broad SMARTS) is 1. The number of hydrogen-bond acceptors (Lipinski definition) is 8. The number of ether oxygens (including phenoxy) is 4. The minimum absolute atomic E-state index is 0. The topological polar surface area (TPSA) is 122 Å². The van der Waals surface area contributed by atoms with Crippen molar-refractivity contribution in [2.75, 3.05) is 52.0 Å². The van der Waals surface area contributed by atoms with Crippen LogP contribution in [0.3, 0.4) is 0 Å². The number of halogens is 2. The van der Waals surface area contributed by atoms with E-state index in [2.05, 4.69) is 4.90 Å². The Bertz CT molecular complexity index is 1360. The van der Waals surface area contributed by atoms with Crippen LogP contribution in [0.2, 0.25) is 0 Å². The van der Waals surface area contributed by atoms with Crippen molar-refractivity contribution in [1.82, 2.24) is 4.90 Å². The van der Waals surface area contributed by atoms with Crippen molar-refractivity contribution in [3.63, 3.8) is 0 Å². The SMILES string of the molecule is Br.CCOC1CCN(c2cc(C(=O)CN3Cc4cc(OC)c(OC)c(F)c4C3=N)cc(C(C)(C)C)c2OCC(=O)O)C1. The number of hydrogen-bond donors (Lipinski definition) is 2. The molecule has 0 saturated carbocycles. The molecule has 1 unspecified atom stereocenters. The zero-order valence-corrected chi connectivity index (χ0v) is 26.5. The molecule has 0 aromatic heterocycles. The van der Waals surface area contributed by atoms with Crippen LogP contribution in [-0.2, 0) is 21.5 Å². The summed E-state index contributed by atoms with van der Waals surface area (Å²) in [6.45, 7) is 9.15. The lowest BCUT2D eigenvalue weighted by Gasteiger charge is -2.29. The molecule has 42 heavy (non-hydrogen) atoms. The number of rotatable bonds is 11. The maximum absolute atomic E-state index is 15.2. The van der Waals surface area contributed by atoms with E-state index in [9.17, 15) is 14.7 Å². The Labute approximate surface area is 256 Å². The first-order chi connectivity index (χ1) is 19.4. The third-order valence-corrected chi connectivity index (χ3v) is 7.37. The molecule has 1 fully saturated rings. The molecule has 0 spiro atoms. The van der Waals surface area contributed by atoms with Gasteiger partial charge in [-0.1, -0.05) is 20.8 Å². The van der Waals surface area contributed by atoms with Gasteiger partial charge in [0.15, 0.2) is 29.7 Å². The zero-order chi connectivity index (χ0) is 30.1. The highest BCUT2D eigenvalue weighted by molar-refractivity contribution is 8.93. The normalized spacial score (nSPS) is 16.3. The van der Waals surface area contributed by atoms with E-state index in [4.69, 9.17) is 24.4 Å². The Morgan fingerprint density at radius 3 is 2.45 bits per heavy atom. The van der Waals surface area contributed by atoms with Crippen molar-refractivity contribution < 1.29 is 38.0 Å². The molecule has 2 N–H and O–H groups in total. The van der Waals surface area contributed by atoms with Crippen LogP contribution >= 0.6 is 17.0 Å². The number of carbonyl (C=O) groups is 2. The van der Waals surface area contributed by atoms with Crippen LogP contribution in [0.1, 0.15) is 61.2 Å². The van der Waals surface area contributed by atoms with Gasteiger partial charge in [0, 0.05) is 37.4 Å². The lowest BCUT2D eigenvalue weighted by molar-refractivity contribution is -0.139. The molecule has 2 heterocycles. The molecule has 2 aliphatic heterocycles. The molecule has 230 valence electrons. The van der Waals surface area contributed by atoms with E-state index < -0.39 is 23.8 Å². The number of anilines is 1. The smallest absolute Gasteiger partial charge is 0.341 e. The van der Waals surface area contributed by atoms with Gasteiger partial charge in [0.1, 0.15) is 11.6 Å². The lowest BCUT2D eigenvalue weighted by Crippen LogP contribution is -2.31. The van der Waals surface area contributed by atoms with Crippen molar-refractivity contribution in [3.05, 3.63) is 46.3 Å². The van der Waals surface area contributed by atoms with Crippen LogP contribution in [0.25, 0.3) is 0 Å². The van der Waals surface area contributed by atoms with E-state index in [-0.39, 0.29) is 64.9 Å². The van der Waals surface area contributed by atoms with Gasteiger partial charge >= 0.3 is 5.97 Å². The fraction of sp³-hybridized carbons (Fsp3) is 0.500. The summed E-state index contributed by atoms with van der Waals surface area (Å²) >= 11 is 0. The highest BCUT2D eigenvalue weighted by Gasteiger charge is 2.34. The number of nitrogens with one attached hydrogen (secondary N) is 1. The summed E-state index contributed by atoms with van der Waals surface area (Å²) in [5.74, 6) is -1.61. The van der Waals surface area contributed by atoms with Gasteiger partial charge in [-0.05, 0) is 42.5 Å². The van der Waals surface area contributed by atoms with Gasteiger partial charge in [-0.15, -0.1) is 17.0 Å². The third kappa shape index (κ3) is 6.64. The predicted molar refractivity (Wildman–Crippen MR) is 162 cm³/mol. The number of aliphatic carboxylic acids is 1. The Balaban J connectivity index is 0.00000484. The Hall–Kier alpha value is -3.38. The first-order valence-corrected chi connectivity index (χ1v) is 13.6. The zero-order valence-electron chi connectivity index (χ0n) is 24.8. The third-order valence-electron chi connectivity index (χ3n) is 7.37. The molecule has 1 saturated heterocycles. The predicted octanol–water partition coefficient (Wildman–Crippen LogP) is 4.82. The van der Waals surface area contributed by atoms with Crippen molar-refractivity contribution in [2.24, 2.45) is 0 Å². The van der Waals surface area contributed by atoms with Crippen molar-refractivity contribution in [3.8, 4) is 17.2 Å². The van der Waals surface area contributed by atoms with Gasteiger partial charge < -0.3 is 33.9 Å². The molecule has 1 atom stereocenters. The summed E-state index contributed by atoms with van der Waals surface area (Å²) in [6.07, 6.45) is 0.800. The first-order valence-electron chi connectivity index (χ1n) is 13.6.